The lowest BCUT2D eigenvalue weighted by atomic mass is 9.85. The van der Waals surface area contributed by atoms with Gasteiger partial charge in [-0.05, 0) is 41.5 Å². The third-order valence-electron chi connectivity index (χ3n) is 5.62. The number of para-hydroxylation sites is 1. The van der Waals surface area contributed by atoms with E-state index < -0.39 is 11.6 Å². The van der Waals surface area contributed by atoms with Crippen LogP contribution in [-0.2, 0) is 5.60 Å². The Hall–Kier alpha value is -4.22. The van der Waals surface area contributed by atoms with Gasteiger partial charge >= 0.3 is 5.97 Å². The van der Waals surface area contributed by atoms with Gasteiger partial charge in [0.15, 0.2) is 11.4 Å². The Morgan fingerprint density at radius 3 is 1.81 bits per heavy atom. The first-order valence-corrected chi connectivity index (χ1v) is 10.2. The molecule has 1 heterocycles. The zero-order chi connectivity index (χ0) is 22.1. The molecule has 0 saturated carbocycles. The first-order valence-electron chi connectivity index (χ1n) is 10.2. The zero-order valence-electron chi connectivity index (χ0n) is 17.1. The quantitative estimate of drug-likeness (QED) is 0.419. The van der Waals surface area contributed by atoms with Crippen LogP contribution in [0.5, 0.6) is 0 Å². The number of aromatic carboxylic acids is 1. The van der Waals surface area contributed by atoms with E-state index in [1.54, 1.807) is 12.1 Å². The van der Waals surface area contributed by atoms with Gasteiger partial charge in [0, 0.05) is 5.69 Å². The minimum Gasteiger partial charge on any atom is -0.478 e. The van der Waals surface area contributed by atoms with Gasteiger partial charge in [-0.25, -0.2) is 9.78 Å². The van der Waals surface area contributed by atoms with Gasteiger partial charge in [-0.2, -0.15) is 0 Å². The van der Waals surface area contributed by atoms with Crippen LogP contribution in [0, 0.1) is 0 Å². The third kappa shape index (κ3) is 3.16. The molecular formula is C27H20N2O3. The zero-order valence-corrected chi connectivity index (χ0v) is 17.1. The lowest BCUT2D eigenvalue weighted by molar-refractivity contribution is 0.0697. The number of hydrogen-bond donors (Lipinski definition) is 2. The van der Waals surface area contributed by atoms with E-state index in [1.165, 1.54) is 6.07 Å². The van der Waals surface area contributed by atoms with E-state index in [0.717, 1.165) is 5.69 Å². The molecule has 0 bridgehead atoms. The second-order valence-corrected chi connectivity index (χ2v) is 7.56. The number of benzene rings is 4. The van der Waals surface area contributed by atoms with Crippen molar-refractivity contribution < 1.29 is 15.0 Å². The highest BCUT2D eigenvalue weighted by molar-refractivity contribution is 5.93. The fraction of sp³-hybridized carbons (Fsp3) is 0.0370. The number of carboxylic acids is 1. The molecule has 0 aliphatic heterocycles. The highest BCUT2D eigenvalue weighted by Crippen LogP contribution is 2.39. The van der Waals surface area contributed by atoms with Crippen LogP contribution in [0.1, 0.15) is 27.3 Å². The maximum Gasteiger partial charge on any atom is 0.335 e. The van der Waals surface area contributed by atoms with Gasteiger partial charge in [0.1, 0.15) is 0 Å². The Kier molecular flexibility index (Phi) is 4.81. The minimum atomic E-state index is -1.57. The van der Waals surface area contributed by atoms with Gasteiger partial charge in [-0.1, -0.05) is 78.9 Å². The summed E-state index contributed by atoms with van der Waals surface area (Å²) in [7, 11) is 0. The second kappa shape index (κ2) is 7.80. The topological polar surface area (TPSA) is 75.3 Å². The SMILES string of the molecule is O=C(O)c1ccc2nc(C(O)(c3ccccc3)c3ccccc3)n(-c3ccccc3)c2c1. The molecule has 0 unspecified atom stereocenters. The van der Waals surface area contributed by atoms with Crippen LogP contribution in [0.2, 0.25) is 0 Å². The summed E-state index contributed by atoms with van der Waals surface area (Å²) in [6.45, 7) is 0. The average molecular weight is 420 g/mol. The van der Waals surface area contributed by atoms with Crippen molar-refractivity contribution in [1.82, 2.24) is 9.55 Å². The van der Waals surface area contributed by atoms with Gasteiger partial charge in [0.2, 0.25) is 0 Å². The van der Waals surface area contributed by atoms with Crippen molar-refractivity contribution in [2.24, 2.45) is 0 Å². The van der Waals surface area contributed by atoms with Crippen molar-refractivity contribution in [3.8, 4) is 5.69 Å². The minimum absolute atomic E-state index is 0.157. The lowest BCUT2D eigenvalue weighted by Crippen LogP contribution is -2.32. The van der Waals surface area contributed by atoms with Gasteiger partial charge in [0.05, 0.1) is 16.6 Å². The largest absolute Gasteiger partial charge is 0.478 e. The van der Waals surface area contributed by atoms with Crippen LogP contribution >= 0.6 is 0 Å². The first-order chi connectivity index (χ1) is 15.6. The fourth-order valence-electron chi connectivity index (χ4n) is 4.07. The van der Waals surface area contributed by atoms with Crippen molar-refractivity contribution in [2.45, 2.75) is 5.60 Å². The Morgan fingerprint density at radius 1 is 0.750 bits per heavy atom. The Labute approximate surface area is 184 Å². The summed E-state index contributed by atoms with van der Waals surface area (Å²) in [6.07, 6.45) is 0. The molecule has 0 amide bonds. The van der Waals surface area contributed by atoms with E-state index in [2.05, 4.69) is 0 Å². The number of carboxylic acid groups (broad SMARTS) is 1. The number of aliphatic hydroxyl groups is 1. The normalized spacial score (nSPS) is 11.5. The predicted octanol–water partition coefficient (Wildman–Crippen LogP) is 5.01. The van der Waals surface area contributed by atoms with Crippen molar-refractivity contribution in [2.75, 3.05) is 0 Å². The van der Waals surface area contributed by atoms with E-state index >= 15 is 0 Å². The van der Waals surface area contributed by atoms with Gasteiger partial charge in [-0.3, -0.25) is 4.57 Å². The highest BCUT2D eigenvalue weighted by atomic mass is 16.4. The molecule has 2 N–H and O–H groups in total. The van der Waals surface area contributed by atoms with Crippen molar-refractivity contribution >= 4 is 17.0 Å². The summed E-state index contributed by atoms with van der Waals surface area (Å²) in [4.78, 5) is 16.5. The van der Waals surface area contributed by atoms with Crippen LogP contribution in [-0.4, -0.2) is 25.7 Å². The van der Waals surface area contributed by atoms with E-state index in [0.29, 0.717) is 28.0 Å². The molecule has 0 aliphatic rings. The van der Waals surface area contributed by atoms with Crippen LogP contribution < -0.4 is 0 Å². The third-order valence-corrected chi connectivity index (χ3v) is 5.62. The molecule has 0 spiro atoms. The number of hydrogen-bond acceptors (Lipinski definition) is 3. The molecule has 4 aromatic carbocycles. The summed E-state index contributed by atoms with van der Waals surface area (Å²) in [5.74, 6) is -0.630. The maximum absolute atomic E-state index is 12.3. The summed E-state index contributed by atoms with van der Waals surface area (Å²) in [5.41, 5.74) is 1.90. The number of imidazole rings is 1. The molecular weight excluding hydrogens is 400 g/mol. The molecule has 5 rings (SSSR count). The van der Waals surface area contributed by atoms with E-state index in [1.807, 2.05) is 95.6 Å². The van der Waals surface area contributed by atoms with Crippen LogP contribution in [0.15, 0.2) is 109 Å². The van der Waals surface area contributed by atoms with Crippen LogP contribution in [0.4, 0.5) is 0 Å². The Bertz CT molecular complexity index is 1360. The first kappa shape index (κ1) is 19.7. The van der Waals surface area contributed by atoms with E-state index in [9.17, 15) is 15.0 Å². The second-order valence-electron chi connectivity index (χ2n) is 7.56. The van der Waals surface area contributed by atoms with Crippen LogP contribution in [0.3, 0.4) is 0 Å². The molecule has 0 fully saturated rings. The lowest BCUT2D eigenvalue weighted by Gasteiger charge is -2.29. The summed E-state index contributed by atoms with van der Waals surface area (Å²) < 4.78 is 1.84. The molecule has 0 atom stereocenters. The molecule has 5 aromatic rings. The predicted molar refractivity (Wildman–Crippen MR) is 123 cm³/mol. The van der Waals surface area contributed by atoms with Gasteiger partial charge in [-0.15, -0.1) is 0 Å². The molecule has 5 nitrogen and oxygen atoms in total. The summed E-state index contributed by atoms with van der Waals surface area (Å²) >= 11 is 0. The fourth-order valence-corrected chi connectivity index (χ4v) is 4.07. The van der Waals surface area contributed by atoms with Crippen molar-refractivity contribution in [1.29, 1.82) is 0 Å². The van der Waals surface area contributed by atoms with Gasteiger partial charge in [0.25, 0.3) is 0 Å². The molecule has 5 heteroatoms. The maximum atomic E-state index is 12.3. The molecule has 1 aromatic heterocycles. The molecule has 32 heavy (non-hydrogen) atoms. The molecule has 156 valence electrons. The van der Waals surface area contributed by atoms with E-state index in [4.69, 9.17) is 4.98 Å². The molecule has 0 radical (unpaired) electrons. The summed E-state index contributed by atoms with van der Waals surface area (Å²) in [5, 5.41) is 21.9. The monoisotopic (exact) mass is 420 g/mol. The standard InChI is InChI=1S/C27H20N2O3/c30-25(31)19-16-17-23-24(18-19)29(22-14-8-3-9-15-22)26(28-23)27(32,20-10-4-1-5-11-20)21-12-6-2-7-13-21/h1-18,32H,(H,30,31). The van der Waals surface area contributed by atoms with Crippen LogP contribution in [0.25, 0.3) is 16.7 Å². The molecule has 0 saturated heterocycles. The number of aromatic nitrogens is 2. The Morgan fingerprint density at radius 2 is 1.28 bits per heavy atom. The number of carbonyl (C=O) groups is 1. The summed E-state index contributed by atoms with van der Waals surface area (Å²) in [6, 6.07) is 33.1. The molecule has 0 aliphatic carbocycles. The smallest absolute Gasteiger partial charge is 0.335 e. The van der Waals surface area contributed by atoms with Gasteiger partial charge < -0.3 is 10.2 Å². The number of rotatable bonds is 5. The Balaban J connectivity index is 1.90. The number of fused-ring (bicyclic) bond motifs is 1. The van der Waals surface area contributed by atoms with E-state index in [-0.39, 0.29) is 5.56 Å². The average Bonchev–Trinajstić information content (AvgIpc) is 3.24. The number of nitrogens with zero attached hydrogens (tertiary/aromatic N) is 2. The van der Waals surface area contributed by atoms with Crippen molar-refractivity contribution in [3.05, 3.63) is 132 Å². The highest BCUT2D eigenvalue weighted by Gasteiger charge is 2.39. The van der Waals surface area contributed by atoms with Crippen molar-refractivity contribution in [3.63, 3.8) is 0 Å².